The van der Waals surface area contributed by atoms with Crippen LogP contribution in [0.2, 0.25) is 10.0 Å². The first-order valence-electron chi connectivity index (χ1n) is 11.2. The van der Waals surface area contributed by atoms with Gasteiger partial charge >= 0.3 is 0 Å². The smallest absolute Gasteiger partial charge is 0.256 e. The Morgan fingerprint density at radius 2 is 1.66 bits per heavy atom. The number of carbonyl (C=O) groups excluding carboxylic acids is 2. The lowest BCUT2D eigenvalue weighted by Gasteiger charge is -2.44. The molecule has 0 radical (unpaired) electrons. The number of hydrogen-bond acceptors (Lipinski definition) is 5. The van der Waals surface area contributed by atoms with Crippen LogP contribution in [-0.4, -0.2) is 39.4 Å². The zero-order valence-electron chi connectivity index (χ0n) is 18.5. The molecule has 6 rings (SSSR count). The average Bonchev–Trinajstić information content (AvgIpc) is 3.21. The summed E-state index contributed by atoms with van der Waals surface area (Å²) in [5.74, 6) is -2.15. The van der Waals surface area contributed by atoms with Gasteiger partial charge in [-0.15, -0.1) is 0 Å². The number of nitrogens with one attached hydrogen (secondary N) is 1. The number of rotatable bonds is 1. The van der Waals surface area contributed by atoms with E-state index in [1.165, 1.54) is 17.0 Å². The monoisotopic (exact) mass is 506 g/mol. The Labute approximate surface area is 211 Å². The van der Waals surface area contributed by atoms with Gasteiger partial charge in [-0.25, -0.2) is 0 Å². The second-order valence-electron chi connectivity index (χ2n) is 9.15. The molecule has 3 aliphatic rings. The van der Waals surface area contributed by atoms with Gasteiger partial charge in [0.05, 0.1) is 16.6 Å². The van der Waals surface area contributed by atoms with E-state index in [0.29, 0.717) is 28.0 Å². The van der Waals surface area contributed by atoms with Crippen LogP contribution in [0.3, 0.4) is 0 Å². The lowest BCUT2D eigenvalue weighted by Crippen LogP contribution is -2.54. The summed E-state index contributed by atoms with van der Waals surface area (Å²) < 4.78 is 0. The lowest BCUT2D eigenvalue weighted by molar-refractivity contribution is -0.100. The fraction of sp³-hybridized carbons (Fsp3) is 0.185. The van der Waals surface area contributed by atoms with E-state index in [1.54, 1.807) is 36.4 Å². The van der Waals surface area contributed by atoms with Crippen LogP contribution in [0.15, 0.2) is 66.2 Å². The minimum atomic E-state index is -1.98. The molecule has 3 unspecified atom stereocenters. The van der Waals surface area contributed by atoms with Crippen LogP contribution in [0.25, 0.3) is 5.70 Å². The summed E-state index contributed by atoms with van der Waals surface area (Å²) in [7, 11) is 0. The van der Waals surface area contributed by atoms with Crippen molar-refractivity contribution in [3.05, 3.63) is 104 Å². The quantitative estimate of drug-likeness (QED) is 0.445. The summed E-state index contributed by atoms with van der Waals surface area (Å²) in [4.78, 5) is 28.9. The minimum absolute atomic E-state index is 0.0197. The lowest BCUT2D eigenvalue weighted by atomic mass is 9.76. The van der Waals surface area contributed by atoms with Gasteiger partial charge in [0.1, 0.15) is 5.75 Å². The summed E-state index contributed by atoms with van der Waals surface area (Å²) in [6.45, 7) is 2.05. The van der Waals surface area contributed by atoms with Gasteiger partial charge < -0.3 is 20.4 Å². The van der Waals surface area contributed by atoms with Crippen molar-refractivity contribution >= 4 is 40.6 Å². The first kappa shape index (κ1) is 22.2. The zero-order chi connectivity index (χ0) is 24.6. The number of benzene rings is 3. The molecule has 3 aromatic rings. The number of hydrogen-bond donors (Lipinski definition) is 3. The van der Waals surface area contributed by atoms with Crippen LogP contribution in [0.5, 0.6) is 5.75 Å². The van der Waals surface area contributed by atoms with Gasteiger partial charge in [-0.1, -0.05) is 65.7 Å². The van der Waals surface area contributed by atoms with Gasteiger partial charge in [0, 0.05) is 51.0 Å². The normalized spacial score (nSPS) is 24.9. The SMILES string of the molecule is CC1CN2C(=O)c3ccccc3C2(O)C(c2cc(Cl)cc(Cl)c2O)C2=C(N1)c1ccccc1C2=O. The van der Waals surface area contributed by atoms with Crippen LogP contribution in [0.4, 0.5) is 0 Å². The van der Waals surface area contributed by atoms with E-state index in [1.807, 2.05) is 19.1 Å². The number of carbonyl (C=O) groups is 2. The standard InChI is InChI=1S/C27H20Cl2N2O4/c1-13-12-31-26(34)17-8-4-5-9-19(17)27(31,35)22(18-10-14(28)11-20(29)24(18)32)21-23(30-13)15-6-2-3-7-16(15)25(21)33/h2-11,13,22,30,32,35H,12H2,1H3. The molecule has 176 valence electrons. The van der Waals surface area contributed by atoms with Crippen molar-refractivity contribution in [2.24, 2.45) is 0 Å². The Bertz CT molecular complexity index is 1480. The zero-order valence-corrected chi connectivity index (χ0v) is 20.1. The molecule has 1 aliphatic carbocycles. The highest BCUT2D eigenvalue weighted by Crippen LogP contribution is 2.56. The Balaban J connectivity index is 1.74. The highest BCUT2D eigenvalue weighted by molar-refractivity contribution is 6.35. The molecule has 3 aromatic carbocycles. The third kappa shape index (κ3) is 2.94. The molecule has 0 fully saturated rings. The fourth-order valence-electron chi connectivity index (χ4n) is 5.65. The molecule has 1 amide bonds. The van der Waals surface area contributed by atoms with Gasteiger partial charge in [-0.3, -0.25) is 9.59 Å². The maximum Gasteiger partial charge on any atom is 0.256 e. The first-order chi connectivity index (χ1) is 16.7. The molecule has 8 heteroatoms. The van der Waals surface area contributed by atoms with Crippen molar-refractivity contribution in [2.75, 3.05) is 6.54 Å². The van der Waals surface area contributed by atoms with E-state index in [0.717, 1.165) is 0 Å². The van der Waals surface area contributed by atoms with E-state index < -0.39 is 11.6 Å². The Morgan fingerprint density at radius 3 is 2.40 bits per heavy atom. The van der Waals surface area contributed by atoms with Crippen molar-refractivity contribution in [1.29, 1.82) is 0 Å². The molecule has 2 heterocycles. The Hall–Kier alpha value is -3.32. The molecule has 0 bridgehead atoms. The first-order valence-corrected chi connectivity index (χ1v) is 12.0. The molecule has 3 atom stereocenters. The summed E-state index contributed by atoms with van der Waals surface area (Å²) in [5, 5.41) is 27.3. The number of nitrogens with zero attached hydrogens (tertiary/aromatic N) is 1. The summed E-state index contributed by atoms with van der Waals surface area (Å²) >= 11 is 12.7. The Kier molecular flexibility index (Phi) is 4.81. The summed E-state index contributed by atoms with van der Waals surface area (Å²) in [5.41, 5.74) is 0.850. The van der Waals surface area contributed by atoms with Gasteiger partial charge in [0.25, 0.3) is 5.91 Å². The highest BCUT2D eigenvalue weighted by atomic mass is 35.5. The fourth-order valence-corrected chi connectivity index (χ4v) is 6.16. The molecule has 0 aromatic heterocycles. The van der Waals surface area contributed by atoms with Crippen LogP contribution in [0.1, 0.15) is 50.2 Å². The van der Waals surface area contributed by atoms with Gasteiger partial charge in [0.2, 0.25) is 0 Å². The third-order valence-electron chi connectivity index (χ3n) is 7.07. The Morgan fingerprint density at radius 1 is 1.00 bits per heavy atom. The second-order valence-corrected chi connectivity index (χ2v) is 10.00. The number of halogens is 2. The van der Waals surface area contributed by atoms with E-state index in [2.05, 4.69) is 5.32 Å². The number of phenolic OH excluding ortho intramolecular Hbond substituents is 1. The van der Waals surface area contributed by atoms with Crippen LogP contribution < -0.4 is 5.32 Å². The van der Waals surface area contributed by atoms with Gasteiger partial charge in [-0.2, -0.15) is 0 Å². The van der Waals surface area contributed by atoms with E-state index in [4.69, 9.17) is 23.2 Å². The van der Waals surface area contributed by atoms with Gasteiger partial charge in [0.15, 0.2) is 11.5 Å². The molecule has 3 N–H and O–H groups in total. The average molecular weight is 507 g/mol. The van der Waals surface area contributed by atoms with Crippen LogP contribution >= 0.6 is 23.2 Å². The number of phenols is 1. The maximum atomic E-state index is 13.9. The van der Waals surface area contributed by atoms with E-state index in [-0.39, 0.29) is 51.2 Å². The van der Waals surface area contributed by atoms with Crippen molar-refractivity contribution in [3.63, 3.8) is 0 Å². The van der Waals surface area contributed by atoms with Crippen molar-refractivity contribution in [3.8, 4) is 5.75 Å². The van der Waals surface area contributed by atoms with E-state index >= 15 is 0 Å². The van der Waals surface area contributed by atoms with Crippen molar-refractivity contribution < 1.29 is 19.8 Å². The number of aliphatic hydroxyl groups is 1. The molecule has 6 nitrogen and oxygen atoms in total. The predicted octanol–water partition coefficient (Wildman–Crippen LogP) is 4.68. The molecule has 35 heavy (non-hydrogen) atoms. The maximum absolute atomic E-state index is 13.9. The molecule has 0 spiro atoms. The molecule has 0 saturated heterocycles. The number of Topliss-reactive ketones (excluding diaryl/α,β-unsaturated/α-hetero) is 1. The summed E-state index contributed by atoms with van der Waals surface area (Å²) in [6.07, 6.45) is 0. The topological polar surface area (TPSA) is 89.9 Å². The second kappa shape index (κ2) is 7.59. The molecular formula is C27H20Cl2N2O4. The predicted molar refractivity (Wildman–Crippen MR) is 133 cm³/mol. The van der Waals surface area contributed by atoms with Crippen LogP contribution in [-0.2, 0) is 5.72 Å². The number of ketones is 1. The van der Waals surface area contributed by atoms with Crippen molar-refractivity contribution in [1.82, 2.24) is 10.2 Å². The highest BCUT2D eigenvalue weighted by Gasteiger charge is 2.59. The number of amides is 1. The van der Waals surface area contributed by atoms with E-state index in [9.17, 15) is 19.8 Å². The van der Waals surface area contributed by atoms with Crippen molar-refractivity contribution in [2.45, 2.75) is 24.6 Å². The molecular weight excluding hydrogens is 487 g/mol. The minimum Gasteiger partial charge on any atom is -0.506 e. The third-order valence-corrected chi connectivity index (χ3v) is 7.58. The number of fused-ring (bicyclic) bond motifs is 5. The van der Waals surface area contributed by atoms with Gasteiger partial charge in [-0.05, 0) is 25.1 Å². The van der Waals surface area contributed by atoms with Crippen LogP contribution in [0, 0.1) is 0 Å². The molecule has 2 aliphatic heterocycles. The molecule has 0 saturated carbocycles. The number of aromatic hydroxyl groups is 1. The largest absolute Gasteiger partial charge is 0.506 e. The summed E-state index contributed by atoms with van der Waals surface area (Å²) in [6, 6.07) is 16.6.